The molecule has 2 aromatic rings. The number of aromatic nitrogens is 1. The van der Waals surface area contributed by atoms with E-state index in [4.69, 9.17) is 4.74 Å². The van der Waals surface area contributed by atoms with Gasteiger partial charge >= 0.3 is 5.97 Å². The highest BCUT2D eigenvalue weighted by Crippen LogP contribution is 2.34. The summed E-state index contributed by atoms with van der Waals surface area (Å²) in [5.74, 6) is -0.649. The maximum atomic E-state index is 14.9. The topological polar surface area (TPSA) is 42.4 Å². The highest BCUT2D eigenvalue weighted by molar-refractivity contribution is 9.10. The van der Waals surface area contributed by atoms with Crippen LogP contribution in [0.3, 0.4) is 0 Å². The molecule has 33 heavy (non-hydrogen) atoms. The smallest absolute Gasteiger partial charge is 0.337 e. The Morgan fingerprint density at radius 2 is 1.91 bits per heavy atom. The number of hydrogen-bond donors (Lipinski definition) is 0. The number of esters is 1. The molecule has 1 aromatic heterocycles. The van der Waals surface area contributed by atoms with Gasteiger partial charge in [0, 0.05) is 28.0 Å². The number of carbonyl (C=O) groups excluding carboxylic acids is 1. The van der Waals surface area contributed by atoms with E-state index in [9.17, 15) is 9.18 Å². The van der Waals surface area contributed by atoms with Gasteiger partial charge in [-0.3, -0.25) is 9.88 Å². The fourth-order valence-corrected chi connectivity index (χ4v) is 4.96. The van der Waals surface area contributed by atoms with Crippen LogP contribution >= 0.6 is 15.9 Å². The SMILES string of the molecule is CC.COC(=O)c1cc(C)c(C2CCN(C(C)/C(C)=C/c3c(Br)ccnc3C)CC2)c(F)c1. The summed E-state index contributed by atoms with van der Waals surface area (Å²) in [7, 11) is 1.31. The van der Waals surface area contributed by atoms with Crippen molar-refractivity contribution < 1.29 is 13.9 Å². The number of hydrogen-bond acceptors (Lipinski definition) is 4. The molecule has 1 unspecified atom stereocenters. The quantitative estimate of drug-likeness (QED) is 0.396. The van der Waals surface area contributed by atoms with E-state index in [0.717, 1.165) is 52.8 Å². The van der Waals surface area contributed by atoms with Crippen LogP contribution in [0, 0.1) is 19.7 Å². The van der Waals surface area contributed by atoms with Crippen molar-refractivity contribution in [3.05, 3.63) is 68.2 Å². The molecule has 0 spiro atoms. The fraction of sp³-hybridized carbons (Fsp3) is 0.481. The standard InChI is InChI=1S/C25H30BrFN2O2.C2H6/c1-15(13-21-17(3)28-9-6-22(21)26)18(4)29-10-7-19(8-11-29)24-16(2)12-20(14-23(24)27)25(30)31-5;1-2/h6,9,12-14,18-19H,7-8,10-11H2,1-5H3;1-2H3/b15-13+;. The maximum Gasteiger partial charge on any atom is 0.337 e. The van der Waals surface area contributed by atoms with Crippen LogP contribution in [0.2, 0.25) is 0 Å². The normalized spacial score (nSPS) is 16.1. The van der Waals surface area contributed by atoms with Gasteiger partial charge in [0.1, 0.15) is 5.82 Å². The largest absolute Gasteiger partial charge is 0.465 e. The van der Waals surface area contributed by atoms with Crippen molar-refractivity contribution >= 4 is 28.0 Å². The van der Waals surface area contributed by atoms with Gasteiger partial charge in [0.15, 0.2) is 0 Å². The van der Waals surface area contributed by atoms with Gasteiger partial charge in [0.25, 0.3) is 0 Å². The number of halogens is 2. The highest BCUT2D eigenvalue weighted by Gasteiger charge is 2.28. The maximum absolute atomic E-state index is 14.9. The lowest BCUT2D eigenvalue weighted by molar-refractivity contribution is 0.0600. The molecule has 2 heterocycles. The Balaban J connectivity index is 0.00000187. The van der Waals surface area contributed by atoms with Crippen molar-refractivity contribution in [2.45, 2.75) is 66.3 Å². The average Bonchev–Trinajstić information content (AvgIpc) is 2.81. The van der Waals surface area contributed by atoms with Crippen LogP contribution in [0.15, 0.2) is 34.4 Å². The summed E-state index contributed by atoms with van der Waals surface area (Å²) in [5, 5.41) is 0. The van der Waals surface area contributed by atoms with Gasteiger partial charge in [0.05, 0.1) is 12.7 Å². The van der Waals surface area contributed by atoms with Crippen LogP contribution in [-0.4, -0.2) is 42.1 Å². The van der Waals surface area contributed by atoms with E-state index in [1.165, 1.54) is 18.7 Å². The molecule has 3 rings (SSSR count). The van der Waals surface area contributed by atoms with E-state index in [0.29, 0.717) is 6.04 Å². The molecule has 0 N–H and O–H groups in total. The summed E-state index contributed by atoms with van der Waals surface area (Å²) in [4.78, 5) is 18.6. The van der Waals surface area contributed by atoms with Gasteiger partial charge in [-0.2, -0.15) is 0 Å². The van der Waals surface area contributed by atoms with Gasteiger partial charge in [-0.1, -0.05) is 41.4 Å². The third-order valence-electron chi connectivity index (χ3n) is 6.41. The Labute approximate surface area is 206 Å². The van der Waals surface area contributed by atoms with Crippen molar-refractivity contribution in [2.24, 2.45) is 0 Å². The molecule has 1 fully saturated rings. The number of piperidine rings is 1. The molecule has 4 nitrogen and oxygen atoms in total. The van der Waals surface area contributed by atoms with Crippen LogP contribution < -0.4 is 0 Å². The minimum atomic E-state index is -0.505. The van der Waals surface area contributed by atoms with Crippen molar-refractivity contribution in [1.82, 2.24) is 9.88 Å². The number of aryl methyl sites for hydroxylation is 2. The third-order valence-corrected chi connectivity index (χ3v) is 7.10. The third kappa shape index (κ3) is 6.51. The average molecular weight is 519 g/mol. The van der Waals surface area contributed by atoms with Crippen LogP contribution in [-0.2, 0) is 4.74 Å². The molecule has 1 aliphatic rings. The van der Waals surface area contributed by atoms with E-state index >= 15 is 0 Å². The number of benzene rings is 1. The Kier molecular flexibility index (Phi) is 10.2. The number of pyridine rings is 1. The summed E-state index contributed by atoms with van der Waals surface area (Å²) in [6, 6.07) is 5.30. The summed E-state index contributed by atoms with van der Waals surface area (Å²) in [6.45, 7) is 14.1. The Morgan fingerprint density at radius 3 is 2.45 bits per heavy atom. The van der Waals surface area contributed by atoms with Crippen LogP contribution in [0.5, 0.6) is 0 Å². The lowest BCUT2D eigenvalue weighted by Gasteiger charge is -2.37. The lowest BCUT2D eigenvalue weighted by atomic mass is 9.85. The molecule has 6 heteroatoms. The molecule has 0 amide bonds. The lowest BCUT2D eigenvalue weighted by Crippen LogP contribution is -2.40. The van der Waals surface area contributed by atoms with E-state index in [1.54, 1.807) is 12.3 Å². The number of ether oxygens (including phenoxy) is 1. The monoisotopic (exact) mass is 518 g/mol. The highest BCUT2D eigenvalue weighted by atomic mass is 79.9. The van der Waals surface area contributed by atoms with Crippen LogP contribution in [0.25, 0.3) is 6.08 Å². The number of carbonyl (C=O) groups is 1. The summed E-state index contributed by atoms with van der Waals surface area (Å²) in [5.41, 5.74) is 5.22. The summed E-state index contributed by atoms with van der Waals surface area (Å²) in [6.07, 6.45) is 5.79. The number of nitrogens with zero attached hydrogens (tertiary/aromatic N) is 2. The van der Waals surface area contributed by atoms with Crippen molar-refractivity contribution in [2.75, 3.05) is 20.2 Å². The molecule has 0 bridgehead atoms. The Morgan fingerprint density at radius 1 is 1.27 bits per heavy atom. The molecule has 0 saturated carbocycles. The molecule has 180 valence electrons. The van der Waals surface area contributed by atoms with Crippen molar-refractivity contribution in [3.8, 4) is 0 Å². The predicted molar refractivity (Wildman–Crippen MR) is 137 cm³/mol. The zero-order chi connectivity index (χ0) is 24.7. The molecule has 1 aromatic carbocycles. The van der Waals surface area contributed by atoms with Gasteiger partial charge in [-0.15, -0.1) is 0 Å². The van der Waals surface area contributed by atoms with Gasteiger partial charge in [-0.05, 0) is 88.9 Å². The van der Waals surface area contributed by atoms with Gasteiger partial charge in [0.2, 0.25) is 0 Å². The first-order valence-corrected chi connectivity index (χ1v) is 12.4. The van der Waals surface area contributed by atoms with Crippen molar-refractivity contribution in [3.63, 3.8) is 0 Å². The fourth-order valence-electron chi connectivity index (χ4n) is 4.44. The first-order chi connectivity index (χ1) is 15.7. The van der Waals surface area contributed by atoms with E-state index < -0.39 is 5.97 Å². The molecular formula is C27H36BrFN2O2. The summed E-state index contributed by atoms with van der Waals surface area (Å²) < 4.78 is 20.6. The minimum Gasteiger partial charge on any atom is -0.465 e. The minimum absolute atomic E-state index is 0.161. The molecule has 0 aliphatic carbocycles. The molecule has 1 atom stereocenters. The number of rotatable bonds is 5. The second-order valence-electron chi connectivity index (χ2n) is 8.35. The van der Waals surface area contributed by atoms with Crippen LogP contribution in [0.4, 0.5) is 4.39 Å². The number of likely N-dealkylation sites (tertiary alicyclic amines) is 1. The zero-order valence-electron chi connectivity index (χ0n) is 20.8. The second kappa shape index (κ2) is 12.4. The Bertz CT molecular complexity index is 954. The van der Waals surface area contributed by atoms with Crippen LogP contribution in [0.1, 0.15) is 79.2 Å². The van der Waals surface area contributed by atoms with E-state index in [2.05, 4.69) is 45.7 Å². The first-order valence-electron chi connectivity index (χ1n) is 11.6. The Hall–Kier alpha value is -2.05. The zero-order valence-corrected chi connectivity index (χ0v) is 22.4. The number of methoxy groups -OCH3 is 1. The van der Waals surface area contributed by atoms with Crippen molar-refractivity contribution in [1.29, 1.82) is 0 Å². The molecular weight excluding hydrogens is 483 g/mol. The molecule has 1 saturated heterocycles. The molecule has 0 radical (unpaired) electrons. The van der Waals surface area contributed by atoms with Gasteiger partial charge in [-0.25, -0.2) is 9.18 Å². The first kappa shape index (κ1) is 27.2. The second-order valence-corrected chi connectivity index (χ2v) is 9.20. The summed E-state index contributed by atoms with van der Waals surface area (Å²) >= 11 is 3.62. The predicted octanol–water partition coefficient (Wildman–Crippen LogP) is 7.08. The van der Waals surface area contributed by atoms with E-state index in [-0.39, 0.29) is 17.3 Å². The van der Waals surface area contributed by atoms with Gasteiger partial charge < -0.3 is 4.74 Å². The molecule has 1 aliphatic heterocycles. The van der Waals surface area contributed by atoms with E-state index in [1.807, 2.05) is 33.8 Å².